The summed E-state index contributed by atoms with van der Waals surface area (Å²) >= 11 is 2.94. The Morgan fingerprint density at radius 3 is 2.68 bits per heavy atom. The number of nitrogens with zero attached hydrogens (tertiary/aromatic N) is 2. The topological polar surface area (TPSA) is 133 Å². The van der Waals surface area contributed by atoms with E-state index in [4.69, 9.17) is 10.2 Å². The molecule has 19 heavy (non-hydrogen) atoms. The molecule has 0 spiro atoms. The van der Waals surface area contributed by atoms with Gasteiger partial charge in [-0.05, 0) is 15.9 Å². The van der Waals surface area contributed by atoms with Gasteiger partial charge in [0, 0.05) is 23.9 Å². The number of carboxylic acids is 1. The Labute approximate surface area is 115 Å². The Bertz CT molecular complexity index is 545. The Kier molecular flexibility index (Phi) is 4.95. The first-order valence-corrected chi connectivity index (χ1v) is 5.69. The highest BCUT2D eigenvalue weighted by Crippen LogP contribution is 2.31. The number of aliphatic carboxylic acids is 1. The van der Waals surface area contributed by atoms with Gasteiger partial charge in [0.25, 0.3) is 5.69 Å². The number of carbonyl (C=O) groups is 1. The van der Waals surface area contributed by atoms with E-state index in [2.05, 4.69) is 20.9 Å². The van der Waals surface area contributed by atoms with E-state index in [0.717, 1.165) is 18.3 Å². The largest absolute Gasteiger partial charge is 0.506 e. The minimum Gasteiger partial charge on any atom is -0.506 e. The fourth-order valence-electron chi connectivity index (χ4n) is 1.17. The van der Waals surface area contributed by atoms with Crippen molar-refractivity contribution in [2.24, 2.45) is 4.99 Å². The Balaban J connectivity index is 3.16. The first-order valence-electron chi connectivity index (χ1n) is 4.90. The maximum absolute atomic E-state index is 10.6. The normalized spacial score (nSPS) is 12.5. The van der Waals surface area contributed by atoms with E-state index in [0.29, 0.717) is 0 Å². The molecule has 1 unspecified atom stereocenters. The first kappa shape index (κ1) is 15.1. The number of benzene rings is 1. The highest BCUT2D eigenvalue weighted by molar-refractivity contribution is 9.10. The van der Waals surface area contributed by atoms with Crippen molar-refractivity contribution >= 4 is 33.8 Å². The number of carboxylic acid groups (broad SMARTS) is 1. The lowest BCUT2D eigenvalue weighted by Crippen LogP contribution is -2.22. The quantitative estimate of drug-likeness (QED) is 0.417. The summed E-state index contributed by atoms with van der Waals surface area (Å²) in [6.45, 7) is -0.720. The van der Waals surface area contributed by atoms with Gasteiger partial charge in [-0.1, -0.05) is 0 Å². The molecule has 0 fully saturated rings. The third-order valence-electron chi connectivity index (χ3n) is 2.14. The average Bonchev–Trinajstić information content (AvgIpc) is 2.34. The van der Waals surface area contributed by atoms with E-state index in [1.54, 1.807) is 0 Å². The van der Waals surface area contributed by atoms with Gasteiger partial charge in [0.15, 0.2) is 6.04 Å². The molecule has 102 valence electrons. The van der Waals surface area contributed by atoms with Crippen LogP contribution in [0.25, 0.3) is 0 Å². The third-order valence-corrected chi connectivity index (χ3v) is 2.74. The van der Waals surface area contributed by atoms with E-state index in [9.17, 15) is 20.0 Å². The average molecular weight is 333 g/mol. The maximum Gasteiger partial charge on any atom is 0.330 e. The summed E-state index contributed by atoms with van der Waals surface area (Å²) in [5, 5.41) is 37.7. The van der Waals surface area contributed by atoms with Crippen LogP contribution in [0.2, 0.25) is 0 Å². The SMILES string of the molecule is O=C(O)C(CO)N=Cc1cc([N+](=O)[O-])cc(Br)c1O. The fourth-order valence-corrected chi connectivity index (χ4v) is 1.63. The summed E-state index contributed by atoms with van der Waals surface area (Å²) in [4.78, 5) is 24.1. The summed E-state index contributed by atoms with van der Waals surface area (Å²) in [7, 11) is 0. The highest BCUT2D eigenvalue weighted by atomic mass is 79.9. The number of phenols is 1. The van der Waals surface area contributed by atoms with Crippen molar-refractivity contribution in [2.75, 3.05) is 6.61 Å². The smallest absolute Gasteiger partial charge is 0.330 e. The molecule has 1 aromatic carbocycles. The van der Waals surface area contributed by atoms with Crippen molar-refractivity contribution in [3.8, 4) is 5.75 Å². The van der Waals surface area contributed by atoms with Gasteiger partial charge in [-0.3, -0.25) is 15.1 Å². The summed E-state index contributed by atoms with van der Waals surface area (Å²) < 4.78 is 0.0824. The van der Waals surface area contributed by atoms with Crippen LogP contribution < -0.4 is 0 Å². The molecule has 0 aliphatic rings. The number of nitro groups is 1. The summed E-state index contributed by atoms with van der Waals surface area (Å²) in [5.41, 5.74) is -0.317. The lowest BCUT2D eigenvalue weighted by Gasteiger charge is -2.04. The van der Waals surface area contributed by atoms with E-state index >= 15 is 0 Å². The minimum absolute atomic E-state index is 0.0271. The van der Waals surface area contributed by atoms with Gasteiger partial charge >= 0.3 is 5.97 Å². The van der Waals surface area contributed by atoms with Crippen molar-refractivity contribution in [3.05, 3.63) is 32.3 Å². The lowest BCUT2D eigenvalue weighted by molar-refractivity contribution is -0.385. The van der Waals surface area contributed by atoms with Gasteiger partial charge in [-0.15, -0.1) is 0 Å². The van der Waals surface area contributed by atoms with Crippen molar-refractivity contribution in [1.82, 2.24) is 0 Å². The number of hydrogen-bond acceptors (Lipinski definition) is 6. The molecule has 0 aromatic heterocycles. The maximum atomic E-state index is 10.6. The predicted molar refractivity (Wildman–Crippen MR) is 68.6 cm³/mol. The van der Waals surface area contributed by atoms with Gasteiger partial charge in [0.2, 0.25) is 0 Å². The monoisotopic (exact) mass is 332 g/mol. The minimum atomic E-state index is -1.39. The van der Waals surface area contributed by atoms with E-state index in [-0.39, 0.29) is 21.5 Å². The standard InChI is InChI=1S/C10H9BrN2O6/c11-7-2-6(13(18)19)1-5(9(7)15)3-12-8(4-14)10(16)17/h1-3,8,14-15H,4H2,(H,16,17). The molecule has 0 bridgehead atoms. The van der Waals surface area contributed by atoms with Gasteiger partial charge in [0.05, 0.1) is 16.0 Å². The number of nitro benzene ring substituents is 1. The number of non-ortho nitro benzene ring substituents is 1. The lowest BCUT2D eigenvalue weighted by atomic mass is 10.2. The summed E-state index contributed by atoms with van der Waals surface area (Å²) in [6.07, 6.45) is 0.960. The molecule has 1 aromatic rings. The summed E-state index contributed by atoms with van der Waals surface area (Å²) in [6, 6.07) is 0.755. The van der Waals surface area contributed by atoms with Crippen molar-refractivity contribution in [1.29, 1.82) is 0 Å². The molecule has 1 atom stereocenters. The van der Waals surface area contributed by atoms with Crippen LogP contribution in [0.4, 0.5) is 5.69 Å². The number of phenolic OH excluding ortho intramolecular Hbond substituents is 1. The Morgan fingerprint density at radius 2 is 2.21 bits per heavy atom. The molecule has 0 aliphatic heterocycles. The number of aromatic hydroxyl groups is 1. The highest BCUT2D eigenvalue weighted by Gasteiger charge is 2.16. The molecule has 8 nitrogen and oxygen atoms in total. The number of hydrogen-bond donors (Lipinski definition) is 3. The van der Waals surface area contributed by atoms with Crippen LogP contribution in [0.15, 0.2) is 21.6 Å². The van der Waals surface area contributed by atoms with E-state index in [1.807, 2.05) is 0 Å². The zero-order chi connectivity index (χ0) is 14.6. The second-order valence-electron chi connectivity index (χ2n) is 3.44. The molecule has 0 heterocycles. The molecule has 3 N–H and O–H groups in total. The van der Waals surface area contributed by atoms with Crippen LogP contribution >= 0.6 is 15.9 Å². The predicted octanol–water partition coefficient (Wildman–Crippen LogP) is 0.927. The van der Waals surface area contributed by atoms with Crippen LogP contribution in [-0.4, -0.2) is 45.1 Å². The number of aliphatic imine (C=N–C) groups is 1. The van der Waals surface area contributed by atoms with Crippen molar-refractivity contribution in [3.63, 3.8) is 0 Å². The van der Waals surface area contributed by atoms with Gasteiger partial charge in [0.1, 0.15) is 5.75 Å². The Morgan fingerprint density at radius 1 is 1.58 bits per heavy atom. The van der Waals surface area contributed by atoms with E-state index < -0.39 is 23.5 Å². The second kappa shape index (κ2) is 6.25. The Hall–Kier alpha value is -2.00. The molecule has 0 aliphatic carbocycles. The number of aliphatic hydroxyl groups is 1. The molecular formula is C10H9BrN2O6. The second-order valence-corrected chi connectivity index (χ2v) is 4.29. The van der Waals surface area contributed by atoms with Crippen molar-refractivity contribution < 1.29 is 25.0 Å². The number of aliphatic hydroxyl groups excluding tert-OH is 1. The molecule has 0 saturated heterocycles. The zero-order valence-corrected chi connectivity index (χ0v) is 10.9. The molecule has 0 amide bonds. The molecule has 0 saturated carbocycles. The van der Waals surface area contributed by atoms with Crippen LogP contribution in [0.1, 0.15) is 5.56 Å². The number of rotatable bonds is 5. The third kappa shape index (κ3) is 3.73. The van der Waals surface area contributed by atoms with Gasteiger partial charge in [-0.25, -0.2) is 4.79 Å². The van der Waals surface area contributed by atoms with Crippen LogP contribution in [0, 0.1) is 10.1 Å². The fraction of sp³-hybridized carbons (Fsp3) is 0.200. The molecule has 1 rings (SSSR count). The molecule has 9 heteroatoms. The summed E-state index contributed by atoms with van der Waals surface area (Å²) in [5.74, 6) is -1.65. The zero-order valence-electron chi connectivity index (χ0n) is 9.36. The van der Waals surface area contributed by atoms with Crippen LogP contribution in [-0.2, 0) is 4.79 Å². The first-order chi connectivity index (χ1) is 8.86. The molecule has 0 radical (unpaired) electrons. The van der Waals surface area contributed by atoms with E-state index in [1.165, 1.54) is 0 Å². The molecular weight excluding hydrogens is 324 g/mol. The number of halogens is 1. The van der Waals surface area contributed by atoms with Gasteiger partial charge in [-0.2, -0.15) is 0 Å². The van der Waals surface area contributed by atoms with Crippen molar-refractivity contribution in [2.45, 2.75) is 6.04 Å². The van der Waals surface area contributed by atoms with Crippen LogP contribution in [0.5, 0.6) is 5.75 Å². The van der Waals surface area contributed by atoms with Crippen LogP contribution in [0.3, 0.4) is 0 Å². The van der Waals surface area contributed by atoms with Gasteiger partial charge < -0.3 is 15.3 Å².